The molecule has 2 atom stereocenters. The van der Waals surface area contributed by atoms with Gasteiger partial charge in [-0.3, -0.25) is 29.4 Å². The van der Waals surface area contributed by atoms with Crippen LogP contribution in [0.25, 0.3) is 22.3 Å². The van der Waals surface area contributed by atoms with E-state index in [1.54, 1.807) is 4.90 Å². The van der Waals surface area contributed by atoms with Crippen molar-refractivity contribution < 1.29 is 28.3 Å². The number of benzene rings is 4. The Balaban J connectivity index is 0.743. The predicted molar refractivity (Wildman–Crippen MR) is 242 cm³/mol. The van der Waals surface area contributed by atoms with Crippen molar-refractivity contribution in [1.82, 2.24) is 40.2 Å². The second-order valence-electron chi connectivity index (χ2n) is 17.0. The third-order valence-electron chi connectivity index (χ3n) is 13.1. The van der Waals surface area contributed by atoms with Gasteiger partial charge in [0, 0.05) is 87.8 Å². The molecule has 332 valence electrons. The lowest BCUT2D eigenvalue weighted by molar-refractivity contribution is -0.136. The first-order valence-corrected chi connectivity index (χ1v) is 21.9. The first-order chi connectivity index (χ1) is 31.6. The Bertz CT molecular complexity index is 2830. The molecule has 0 aliphatic carbocycles. The highest BCUT2D eigenvalue weighted by atomic mass is 19.1. The molecule has 4 aromatic carbocycles. The van der Waals surface area contributed by atoms with E-state index in [2.05, 4.69) is 65.6 Å². The number of carbonyl (C=O) groups excluding carboxylic acids is 4. The molecule has 4 aliphatic rings. The van der Waals surface area contributed by atoms with Gasteiger partial charge in [-0.25, -0.2) is 19.0 Å². The summed E-state index contributed by atoms with van der Waals surface area (Å²) in [5.74, 6) is -1.15. The molecule has 4 aliphatic heterocycles. The van der Waals surface area contributed by atoms with Gasteiger partial charge in [-0.05, 0) is 78.1 Å². The number of nitrogens with one attached hydrogen (secondary N) is 2. The Morgan fingerprint density at radius 1 is 0.877 bits per heavy atom. The van der Waals surface area contributed by atoms with Gasteiger partial charge in [-0.15, -0.1) is 0 Å². The summed E-state index contributed by atoms with van der Waals surface area (Å²) in [6.07, 6.45) is 2.93. The normalized spacial score (nSPS) is 18.9. The molecular weight excluding hydrogens is 830 g/mol. The van der Waals surface area contributed by atoms with E-state index in [-0.39, 0.29) is 36.4 Å². The topological polar surface area (TPSA) is 184 Å². The van der Waals surface area contributed by atoms with Gasteiger partial charge in [0.2, 0.25) is 11.8 Å². The Labute approximate surface area is 374 Å². The van der Waals surface area contributed by atoms with Crippen molar-refractivity contribution in [1.29, 1.82) is 0 Å². The number of halogens is 1. The van der Waals surface area contributed by atoms with Gasteiger partial charge >= 0.3 is 0 Å². The number of methoxy groups -OCH3 is 1. The van der Waals surface area contributed by atoms with Crippen LogP contribution in [0.2, 0.25) is 0 Å². The number of nitrogen functional groups attached to an aromatic ring is 1. The molecule has 0 radical (unpaired) electrons. The minimum Gasteiger partial charge on any atom is -0.496 e. The van der Waals surface area contributed by atoms with Gasteiger partial charge in [0.25, 0.3) is 11.8 Å². The Hall–Kier alpha value is -7.40. The number of carbonyl (C=O) groups is 4. The zero-order valence-corrected chi connectivity index (χ0v) is 35.9. The summed E-state index contributed by atoms with van der Waals surface area (Å²) < 4.78 is 21.1. The Kier molecular flexibility index (Phi) is 11.1. The maximum atomic E-state index is 13.9. The van der Waals surface area contributed by atoms with Gasteiger partial charge in [-0.2, -0.15) is 5.10 Å². The van der Waals surface area contributed by atoms with E-state index >= 15 is 0 Å². The number of piperazine rings is 1. The van der Waals surface area contributed by atoms with Gasteiger partial charge < -0.3 is 30.5 Å². The first-order valence-electron chi connectivity index (χ1n) is 21.9. The van der Waals surface area contributed by atoms with Crippen LogP contribution in [0.5, 0.6) is 5.75 Å². The van der Waals surface area contributed by atoms with E-state index < -0.39 is 23.7 Å². The SMILES string of the molecule is COc1ccc(F)cc1C(=O)NCc1ccc(-c2nn(C3CCN(c4ccc(CN5CCN(c6ccc7c(c6)CN([C@H]6CCC(=O)NC6=O)C7=O)CC5)cc4)C3)c3ncnc(N)c23)cc1. The molecule has 3 saturated heterocycles. The zero-order chi connectivity index (χ0) is 44.8. The van der Waals surface area contributed by atoms with Crippen molar-refractivity contribution in [2.45, 2.75) is 51.0 Å². The number of nitrogens with two attached hydrogens (primary N) is 1. The van der Waals surface area contributed by atoms with Crippen LogP contribution in [0.15, 0.2) is 91.3 Å². The number of hydrogen-bond donors (Lipinski definition) is 3. The molecule has 3 fully saturated rings. The molecule has 2 aromatic heterocycles. The van der Waals surface area contributed by atoms with E-state index in [0.29, 0.717) is 46.8 Å². The molecule has 0 spiro atoms. The Morgan fingerprint density at radius 2 is 1.65 bits per heavy atom. The smallest absolute Gasteiger partial charge is 0.255 e. The van der Waals surface area contributed by atoms with Gasteiger partial charge in [0.05, 0.1) is 24.1 Å². The largest absolute Gasteiger partial charge is 0.496 e. The second-order valence-corrected chi connectivity index (χ2v) is 17.0. The van der Waals surface area contributed by atoms with E-state index in [0.717, 1.165) is 86.4 Å². The van der Waals surface area contributed by atoms with E-state index in [4.69, 9.17) is 15.6 Å². The fourth-order valence-corrected chi connectivity index (χ4v) is 9.54. The first kappa shape index (κ1) is 41.6. The molecule has 1 unspecified atom stereocenters. The number of piperidine rings is 1. The summed E-state index contributed by atoms with van der Waals surface area (Å²) in [5, 5.41) is 11.0. The van der Waals surface area contributed by atoms with Crippen molar-refractivity contribution in [3.05, 3.63) is 125 Å². The highest BCUT2D eigenvalue weighted by Crippen LogP contribution is 2.36. The third kappa shape index (κ3) is 8.18. The van der Waals surface area contributed by atoms with Gasteiger partial charge in [0.1, 0.15) is 35.4 Å². The molecule has 6 heterocycles. The summed E-state index contributed by atoms with van der Waals surface area (Å²) >= 11 is 0. The standard InChI is InChI=1S/C48H48FN11O5/c1-65-40-14-8-33(49)23-38(40)46(62)51-24-29-2-6-31(7-3-29)43-42-44(50)52-28-53-45(42)60(55-43)36-16-17-58(27-36)34-9-4-30(5-10-34)25-56-18-20-57(21-19-56)35-11-12-37-32(22-35)26-59(48(37)64)39-13-15-41(61)54-47(39)63/h2-12,14,22-23,28,36,39H,13,15-21,24-27H2,1H3,(H,51,62)(H2,50,52,53)(H,54,61,63)/t36?,39-/m0/s1. The quantitative estimate of drug-likeness (QED) is 0.153. The average molecular weight is 878 g/mol. The van der Waals surface area contributed by atoms with Crippen LogP contribution in [-0.2, 0) is 29.2 Å². The Morgan fingerprint density at radius 3 is 2.42 bits per heavy atom. The molecule has 17 heteroatoms. The predicted octanol–water partition coefficient (Wildman–Crippen LogP) is 4.69. The summed E-state index contributed by atoms with van der Waals surface area (Å²) in [7, 11) is 1.44. The minimum atomic E-state index is -0.620. The number of fused-ring (bicyclic) bond motifs is 2. The highest BCUT2D eigenvalue weighted by molar-refractivity contribution is 6.05. The number of ether oxygens (including phenoxy) is 1. The number of nitrogens with zero attached hydrogens (tertiary/aromatic N) is 8. The van der Waals surface area contributed by atoms with Crippen molar-refractivity contribution in [3.63, 3.8) is 0 Å². The minimum absolute atomic E-state index is 0.0567. The molecule has 4 N–H and O–H groups in total. The number of aromatic nitrogens is 4. The van der Waals surface area contributed by atoms with Crippen LogP contribution in [0.4, 0.5) is 21.6 Å². The number of imide groups is 1. The van der Waals surface area contributed by atoms with Crippen LogP contribution in [0, 0.1) is 5.82 Å². The van der Waals surface area contributed by atoms with Crippen LogP contribution in [0.3, 0.4) is 0 Å². The van der Waals surface area contributed by atoms with E-state index in [9.17, 15) is 23.6 Å². The van der Waals surface area contributed by atoms with Crippen molar-refractivity contribution in [2.75, 3.05) is 61.9 Å². The zero-order valence-electron chi connectivity index (χ0n) is 35.9. The van der Waals surface area contributed by atoms with E-state index in [1.807, 2.05) is 41.1 Å². The average Bonchev–Trinajstić information content (AvgIpc) is 4.05. The lowest BCUT2D eigenvalue weighted by atomic mass is 10.0. The molecule has 4 amide bonds. The van der Waals surface area contributed by atoms with Gasteiger partial charge in [0.15, 0.2) is 5.65 Å². The summed E-state index contributed by atoms with van der Waals surface area (Å²) in [5.41, 5.74) is 14.6. The summed E-state index contributed by atoms with van der Waals surface area (Å²) in [4.78, 5) is 67.9. The highest BCUT2D eigenvalue weighted by Gasteiger charge is 2.39. The number of hydrogen-bond acceptors (Lipinski definition) is 12. The van der Waals surface area contributed by atoms with Crippen LogP contribution < -0.4 is 30.9 Å². The van der Waals surface area contributed by atoms with Crippen LogP contribution in [0.1, 0.15) is 62.7 Å². The summed E-state index contributed by atoms with van der Waals surface area (Å²) in [6.45, 7) is 6.58. The number of amides is 4. The molecular formula is C48H48FN11O5. The summed E-state index contributed by atoms with van der Waals surface area (Å²) in [6, 6.07) is 25.7. The maximum absolute atomic E-state index is 13.9. The van der Waals surface area contributed by atoms with Crippen molar-refractivity contribution >= 4 is 51.9 Å². The molecule has 65 heavy (non-hydrogen) atoms. The second kappa shape index (κ2) is 17.3. The number of rotatable bonds is 11. The fraction of sp³-hybridized carbons (Fsp3) is 0.312. The molecule has 6 aromatic rings. The number of anilines is 3. The molecule has 10 rings (SSSR count). The molecule has 0 bridgehead atoms. The van der Waals surface area contributed by atoms with E-state index in [1.165, 1.54) is 31.1 Å². The lowest BCUT2D eigenvalue weighted by Crippen LogP contribution is -2.52. The van der Waals surface area contributed by atoms with Crippen LogP contribution in [-0.4, -0.2) is 106 Å². The molecule has 0 saturated carbocycles. The fourth-order valence-electron chi connectivity index (χ4n) is 9.54. The van der Waals surface area contributed by atoms with Gasteiger partial charge in [-0.1, -0.05) is 36.4 Å². The monoisotopic (exact) mass is 877 g/mol. The van der Waals surface area contributed by atoms with Crippen molar-refractivity contribution in [2.24, 2.45) is 0 Å². The lowest BCUT2D eigenvalue weighted by Gasteiger charge is -2.36. The van der Waals surface area contributed by atoms with Crippen LogP contribution >= 0.6 is 0 Å². The van der Waals surface area contributed by atoms with Crippen molar-refractivity contribution in [3.8, 4) is 17.0 Å². The maximum Gasteiger partial charge on any atom is 0.255 e. The third-order valence-corrected chi connectivity index (χ3v) is 13.1. The molecule has 16 nitrogen and oxygen atoms in total.